The highest BCUT2D eigenvalue weighted by Gasteiger charge is 2.14. The molecule has 112 valence electrons. The molecular formula is C15H24N2O3. The summed E-state index contributed by atoms with van der Waals surface area (Å²) in [6.07, 6.45) is 0.384. The molecular weight excluding hydrogens is 256 g/mol. The van der Waals surface area contributed by atoms with E-state index in [0.717, 1.165) is 12.3 Å². The predicted molar refractivity (Wildman–Crippen MR) is 78.9 cm³/mol. The topological polar surface area (TPSA) is 50.8 Å². The highest BCUT2D eigenvalue weighted by molar-refractivity contribution is 5.69. The molecule has 1 unspecified atom stereocenters. The standard InChI is InChI=1S/C15H24N2O3/c1-17(2)14(11-16-9-8-15(18)20-4)12-6-5-7-13(10-12)19-3/h5-7,10,14,16H,8-9,11H2,1-4H3. The minimum atomic E-state index is -0.194. The third-order valence-corrected chi connectivity index (χ3v) is 3.17. The molecule has 0 saturated carbocycles. The lowest BCUT2D eigenvalue weighted by atomic mass is 10.1. The van der Waals surface area contributed by atoms with Gasteiger partial charge >= 0.3 is 5.97 Å². The highest BCUT2D eigenvalue weighted by atomic mass is 16.5. The molecule has 1 aromatic rings. The van der Waals surface area contributed by atoms with Gasteiger partial charge in [-0.15, -0.1) is 0 Å². The van der Waals surface area contributed by atoms with Crippen LogP contribution in [0, 0.1) is 0 Å². The van der Waals surface area contributed by atoms with Crippen molar-refractivity contribution in [1.29, 1.82) is 0 Å². The van der Waals surface area contributed by atoms with Gasteiger partial charge in [0.1, 0.15) is 5.75 Å². The number of hydrogen-bond donors (Lipinski definition) is 1. The van der Waals surface area contributed by atoms with Crippen LogP contribution in [0.2, 0.25) is 0 Å². The largest absolute Gasteiger partial charge is 0.497 e. The van der Waals surface area contributed by atoms with Gasteiger partial charge in [-0.1, -0.05) is 12.1 Å². The molecule has 0 spiro atoms. The molecule has 5 nitrogen and oxygen atoms in total. The van der Waals surface area contributed by atoms with Crippen molar-refractivity contribution in [1.82, 2.24) is 10.2 Å². The second kappa shape index (κ2) is 8.55. The molecule has 1 N–H and O–H groups in total. The number of carbonyl (C=O) groups is 1. The molecule has 0 bridgehead atoms. The van der Waals surface area contributed by atoms with Crippen molar-refractivity contribution in [3.8, 4) is 5.75 Å². The molecule has 0 amide bonds. The number of likely N-dealkylation sites (N-methyl/N-ethyl adjacent to an activating group) is 1. The summed E-state index contributed by atoms with van der Waals surface area (Å²) in [7, 11) is 7.14. The zero-order chi connectivity index (χ0) is 15.0. The minimum Gasteiger partial charge on any atom is -0.497 e. The van der Waals surface area contributed by atoms with Crippen LogP contribution >= 0.6 is 0 Å². The first-order chi connectivity index (χ1) is 9.58. The van der Waals surface area contributed by atoms with E-state index in [-0.39, 0.29) is 12.0 Å². The van der Waals surface area contributed by atoms with E-state index in [4.69, 9.17) is 4.74 Å². The predicted octanol–water partition coefficient (Wildman–Crippen LogP) is 1.45. The summed E-state index contributed by atoms with van der Waals surface area (Å²) in [6.45, 7) is 1.37. The Bertz CT molecular complexity index is 421. The van der Waals surface area contributed by atoms with Crippen LogP contribution in [-0.2, 0) is 9.53 Å². The van der Waals surface area contributed by atoms with Crippen LogP contribution in [0.1, 0.15) is 18.0 Å². The van der Waals surface area contributed by atoms with E-state index in [2.05, 4.69) is 21.0 Å². The van der Waals surface area contributed by atoms with Crippen molar-refractivity contribution in [2.45, 2.75) is 12.5 Å². The molecule has 0 aromatic heterocycles. The van der Waals surface area contributed by atoms with Crippen LogP contribution in [0.15, 0.2) is 24.3 Å². The molecule has 1 rings (SSSR count). The van der Waals surface area contributed by atoms with Gasteiger partial charge in [0, 0.05) is 19.1 Å². The third kappa shape index (κ3) is 5.19. The van der Waals surface area contributed by atoms with Gasteiger partial charge in [0.05, 0.1) is 20.6 Å². The number of hydrogen-bond acceptors (Lipinski definition) is 5. The fourth-order valence-electron chi connectivity index (χ4n) is 1.98. The SMILES string of the molecule is COC(=O)CCNCC(c1cccc(OC)c1)N(C)C. The molecule has 1 atom stereocenters. The lowest BCUT2D eigenvalue weighted by Gasteiger charge is -2.25. The maximum atomic E-state index is 11.1. The summed E-state index contributed by atoms with van der Waals surface area (Å²) in [6, 6.07) is 8.25. The Hall–Kier alpha value is -1.59. The number of carbonyl (C=O) groups excluding carboxylic acids is 1. The van der Waals surface area contributed by atoms with Crippen molar-refractivity contribution >= 4 is 5.97 Å². The average Bonchev–Trinajstić information content (AvgIpc) is 2.46. The maximum absolute atomic E-state index is 11.1. The monoisotopic (exact) mass is 280 g/mol. The maximum Gasteiger partial charge on any atom is 0.306 e. The summed E-state index contributed by atoms with van der Waals surface area (Å²) in [4.78, 5) is 13.2. The summed E-state index contributed by atoms with van der Waals surface area (Å²) in [5.74, 6) is 0.657. The van der Waals surface area contributed by atoms with Gasteiger partial charge in [-0.3, -0.25) is 4.79 Å². The van der Waals surface area contributed by atoms with Crippen molar-refractivity contribution < 1.29 is 14.3 Å². The molecule has 0 saturated heterocycles. The Kier molecular flexibility index (Phi) is 7.04. The van der Waals surface area contributed by atoms with E-state index in [0.29, 0.717) is 13.0 Å². The Morgan fingerprint density at radius 2 is 2.10 bits per heavy atom. The number of nitrogens with one attached hydrogen (secondary N) is 1. The van der Waals surface area contributed by atoms with Crippen molar-refractivity contribution in [3.63, 3.8) is 0 Å². The zero-order valence-corrected chi connectivity index (χ0v) is 12.7. The summed E-state index contributed by atoms with van der Waals surface area (Å²) >= 11 is 0. The van der Waals surface area contributed by atoms with Crippen molar-refractivity contribution in [2.75, 3.05) is 41.4 Å². The Balaban J connectivity index is 2.58. The number of esters is 1. The number of benzene rings is 1. The van der Waals surface area contributed by atoms with E-state index in [1.165, 1.54) is 12.7 Å². The Morgan fingerprint density at radius 1 is 1.35 bits per heavy atom. The van der Waals surface area contributed by atoms with E-state index in [9.17, 15) is 4.79 Å². The second-order valence-electron chi connectivity index (χ2n) is 4.79. The summed E-state index contributed by atoms with van der Waals surface area (Å²) < 4.78 is 9.87. The summed E-state index contributed by atoms with van der Waals surface area (Å²) in [5.41, 5.74) is 1.18. The van der Waals surface area contributed by atoms with Crippen molar-refractivity contribution in [3.05, 3.63) is 29.8 Å². The summed E-state index contributed by atoms with van der Waals surface area (Å²) in [5, 5.41) is 3.28. The van der Waals surface area contributed by atoms with Gasteiger partial charge < -0.3 is 19.7 Å². The first-order valence-electron chi connectivity index (χ1n) is 6.66. The van der Waals surface area contributed by atoms with Gasteiger partial charge in [-0.25, -0.2) is 0 Å². The number of methoxy groups -OCH3 is 2. The lowest BCUT2D eigenvalue weighted by Crippen LogP contribution is -2.32. The zero-order valence-electron chi connectivity index (χ0n) is 12.7. The molecule has 0 aliphatic rings. The molecule has 0 fully saturated rings. The molecule has 0 heterocycles. The minimum absolute atomic E-state index is 0.194. The van der Waals surface area contributed by atoms with Crippen LogP contribution in [-0.4, -0.2) is 52.3 Å². The van der Waals surface area contributed by atoms with Crippen molar-refractivity contribution in [2.24, 2.45) is 0 Å². The average molecular weight is 280 g/mol. The molecule has 1 aromatic carbocycles. The Morgan fingerprint density at radius 3 is 2.70 bits per heavy atom. The normalized spacial score (nSPS) is 12.2. The first-order valence-corrected chi connectivity index (χ1v) is 6.66. The van der Waals surface area contributed by atoms with Gasteiger partial charge in [-0.2, -0.15) is 0 Å². The van der Waals surface area contributed by atoms with Crippen LogP contribution in [0.3, 0.4) is 0 Å². The molecule has 20 heavy (non-hydrogen) atoms. The van der Waals surface area contributed by atoms with Crippen LogP contribution < -0.4 is 10.1 Å². The van der Waals surface area contributed by atoms with Gasteiger partial charge in [-0.05, 0) is 31.8 Å². The molecule has 0 aliphatic carbocycles. The Labute approximate surface area is 120 Å². The van der Waals surface area contributed by atoms with Crippen LogP contribution in [0.5, 0.6) is 5.75 Å². The fourth-order valence-corrected chi connectivity index (χ4v) is 1.98. The van der Waals surface area contributed by atoms with Crippen LogP contribution in [0.4, 0.5) is 0 Å². The quantitative estimate of drug-likeness (QED) is 0.577. The van der Waals surface area contributed by atoms with Gasteiger partial charge in [0.2, 0.25) is 0 Å². The van der Waals surface area contributed by atoms with Gasteiger partial charge in [0.15, 0.2) is 0 Å². The van der Waals surface area contributed by atoms with E-state index in [1.54, 1.807) is 7.11 Å². The number of nitrogens with zero attached hydrogens (tertiary/aromatic N) is 1. The lowest BCUT2D eigenvalue weighted by molar-refractivity contribution is -0.140. The van der Waals surface area contributed by atoms with E-state index >= 15 is 0 Å². The molecule has 5 heteroatoms. The van der Waals surface area contributed by atoms with Crippen LogP contribution in [0.25, 0.3) is 0 Å². The third-order valence-electron chi connectivity index (χ3n) is 3.17. The highest BCUT2D eigenvalue weighted by Crippen LogP contribution is 2.21. The van der Waals surface area contributed by atoms with E-state index in [1.807, 2.05) is 32.3 Å². The second-order valence-corrected chi connectivity index (χ2v) is 4.79. The molecule has 0 radical (unpaired) electrons. The first kappa shape index (κ1) is 16.5. The smallest absolute Gasteiger partial charge is 0.306 e. The fraction of sp³-hybridized carbons (Fsp3) is 0.533. The van der Waals surface area contributed by atoms with E-state index < -0.39 is 0 Å². The number of ether oxygens (including phenoxy) is 2. The number of rotatable bonds is 8. The van der Waals surface area contributed by atoms with Gasteiger partial charge in [0.25, 0.3) is 0 Å². The molecule has 0 aliphatic heterocycles.